The van der Waals surface area contributed by atoms with E-state index in [2.05, 4.69) is 10.3 Å². The number of amides is 1. The number of benzene rings is 1. The van der Waals surface area contributed by atoms with Gasteiger partial charge >= 0.3 is 0 Å². The summed E-state index contributed by atoms with van der Waals surface area (Å²) in [6, 6.07) is 5.50. The van der Waals surface area contributed by atoms with Gasteiger partial charge in [-0.25, -0.2) is 9.37 Å². The predicted octanol–water partition coefficient (Wildman–Crippen LogP) is 3.38. The second-order valence-corrected chi connectivity index (χ2v) is 8.00. The van der Waals surface area contributed by atoms with E-state index in [9.17, 15) is 9.59 Å². The Bertz CT molecular complexity index is 916. The van der Waals surface area contributed by atoms with Crippen LogP contribution in [0.15, 0.2) is 30.5 Å². The molecule has 1 heterocycles. The van der Waals surface area contributed by atoms with E-state index in [0.717, 1.165) is 12.8 Å². The fourth-order valence-corrected chi connectivity index (χ4v) is 3.64. The Morgan fingerprint density at radius 2 is 2.03 bits per heavy atom. The summed E-state index contributed by atoms with van der Waals surface area (Å²) in [6.07, 6.45) is 4.31. The zero-order valence-electron chi connectivity index (χ0n) is 16.1. The van der Waals surface area contributed by atoms with Gasteiger partial charge in [-0.2, -0.15) is 0 Å². The first-order valence-corrected chi connectivity index (χ1v) is 9.92. The number of nitrogens with zero attached hydrogens (tertiary/aromatic N) is 1. The molecule has 1 aromatic heterocycles. The summed E-state index contributed by atoms with van der Waals surface area (Å²) in [5.41, 5.74) is 11.2. The number of carbonyl (C=O) groups is 2. The first kappa shape index (κ1) is 21.2. The van der Waals surface area contributed by atoms with E-state index in [4.69, 9.17) is 23.1 Å². The van der Waals surface area contributed by atoms with Gasteiger partial charge in [0.15, 0.2) is 5.78 Å². The lowest BCUT2D eigenvalue weighted by molar-refractivity contribution is -0.118. The minimum Gasteiger partial charge on any atom is -0.384 e. The van der Waals surface area contributed by atoms with E-state index in [-0.39, 0.29) is 40.5 Å². The van der Waals surface area contributed by atoms with Crippen molar-refractivity contribution in [3.8, 4) is 0 Å². The number of primary amides is 1. The fourth-order valence-electron chi connectivity index (χ4n) is 3.41. The van der Waals surface area contributed by atoms with Crippen LogP contribution >= 0.6 is 11.6 Å². The highest BCUT2D eigenvalue weighted by atomic mass is 35.5. The van der Waals surface area contributed by atoms with E-state index in [1.807, 2.05) is 6.92 Å². The highest BCUT2D eigenvalue weighted by Crippen LogP contribution is 2.39. The monoisotopic (exact) mass is 418 g/mol. The lowest BCUT2D eigenvalue weighted by atomic mass is 9.94. The number of anilines is 1. The summed E-state index contributed by atoms with van der Waals surface area (Å²) < 4.78 is 15.5. The number of rotatable bonds is 9. The van der Waals surface area contributed by atoms with Crippen LogP contribution in [0.2, 0.25) is 5.02 Å². The summed E-state index contributed by atoms with van der Waals surface area (Å²) in [5.74, 6) is -0.901. The average Bonchev–Trinajstić information content (AvgIpc) is 3.45. The van der Waals surface area contributed by atoms with Crippen molar-refractivity contribution in [2.45, 2.75) is 44.7 Å². The molecule has 0 spiro atoms. The van der Waals surface area contributed by atoms with Crippen molar-refractivity contribution >= 4 is 29.1 Å². The SMILES string of the molecule is C[C@@H](CC(N)=O)N[C@H](CC1CC1)c1ccc(Cl)c(C(=O)c2ccc(N)nc2)c1F. The maximum atomic E-state index is 15.5. The standard InChI is InChI=1S/C21H24ClFN4O2/c1-11(8-18(25)28)27-16(9-12-2-3-12)14-5-6-15(22)19(20(14)23)21(29)13-4-7-17(24)26-10-13/h4-7,10-12,16,27H,2-3,8-9H2,1H3,(H2,24,26)(H2,25,28)/t11-,16+/m0/s1. The van der Waals surface area contributed by atoms with E-state index < -0.39 is 17.5 Å². The van der Waals surface area contributed by atoms with Gasteiger partial charge in [-0.05, 0) is 37.5 Å². The number of nitrogens with one attached hydrogen (secondary N) is 1. The Balaban J connectivity index is 1.94. The molecule has 1 aliphatic rings. The molecule has 1 fully saturated rings. The third-order valence-corrected chi connectivity index (χ3v) is 5.35. The van der Waals surface area contributed by atoms with Gasteiger partial charge in [-0.1, -0.05) is 30.5 Å². The lowest BCUT2D eigenvalue weighted by Crippen LogP contribution is -2.35. The number of halogens is 2. The van der Waals surface area contributed by atoms with Gasteiger partial charge in [0.25, 0.3) is 0 Å². The minimum atomic E-state index is -0.663. The molecule has 8 heteroatoms. The fraction of sp³-hybridized carbons (Fsp3) is 0.381. The van der Waals surface area contributed by atoms with Crippen molar-refractivity contribution in [2.75, 3.05) is 5.73 Å². The number of nitrogens with two attached hydrogens (primary N) is 2. The average molecular weight is 419 g/mol. The third kappa shape index (κ3) is 5.31. The van der Waals surface area contributed by atoms with Crippen LogP contribution in [0.1, 0.15) is 60.1 Å². The number of carbonyl (C=O) groups excluding carboxylic acids is 2. The molecule has 0 saturated heterocycles. The summed E-state index contributed by atoms with van der Waals surface area (Å²) in [5, 5.41) is 3.32. The Morgan fingerprint density at radius 1 is 1.31 bits per heavy atom. The molecular weight excluding hydrogens is 395 g/mol. The number of hydrogen-bond acceptors (Lipinski definition) is 5. The molecule has 1 saturated carbocycles. The van der Waals surface area contributed by atoms with Crippen molar-refractivity contribution in [3.05, 3.63) is 58.0 Å². The summed E-state index contributed by atoms with van der Waals surface area (Å²) in [6.45, 7) is 1.82. The number of ketones is 1. The zero-order chi connectivity index (χ0) is 21.1. The highest BCUT2D eigenvalue weighted by molar-refractivity contribution is 6.35. The molecule has 6 nitrogen and oxygen atoms in total. The lowest BCUT2D eigenvalue weighted by Gasteiger charge is -2.24. The quantitative estimate of drug-likeness (QED) is 0.540. The zero-order valence-corrected chi connectivity index (χ0v) is 16.9. The maximum absolute atomic E-state index is 15.5. The van der Waals surface area contributed by atoms with Crippen LogP contribution < -0.4 is 16.8 Å². The molecule has 1 aromatic carbocycles. The van der Waals surface area contributed by atoms with E-state index in [1.54, 1.807) is 6.07 Å². The molecule has 3 rings (SSSR count). The number of nitrogen functional groups attached to an aromatic ring is 1. The van der Waals surface area contributed by atoms with Gasteiger partial charge in [-0.3, -0.25) is 9.59 Å². The van der Waals surface area contributed by atoms with Gasteiger partial charge in [0.2, 0.25) is 5.91 Å². The van der Waals surface area contributed by atoms with Gasteiger partial charge in [0.1, 0.15) is 11.6 Å². The molecule has 0 aliphatic heterocycles. The number of hydrogen-bond donors (Lipinski definition) is 3. The van der Waals surface area contributed by atoms with Gasteiger partial charge in [0, 0.05) is 35.8 Å². The molecule has 0 bridgehead atoms. The third-order valence-electron chi connectivity index (χ3n) is 5.03. The second kappa shape index (κ2) is 8.88. The topological polar surface area (TPSA) is 111 Å². The van der Waals surface area contributed by atoms with Crippen LogP contribution in [0.4, 0.5) is 10.2 Å². The van der Waals surface area contributed by atoms with E-state index >= 15 is 4.39 Å². The van der Waals surface area contributed by atoms with Crippen molar-refractivity contribution in [1.29, 1.82) is 0 Å². The number of aromatic nitrogens is 1. The smallest absolute Gasteiger partial charge is 0.218 e. The molecule has 29 heavy (non-hydrogen) atoms. The Hall–Kier alpha value is -2.51. The molecule has 2 aromatic rings. The van der Waals surface area contributed by atoms with Crippen molar-refractivity contribution in [3.63, 3.8) is 0 Å². The van der Waals surface area contributed by atoms with Gasteiger partial charge in [-0.15, -0.1) is 0 Å². The first-order chi connectivity index (χ1) is 13.8. The van der Waals surface area contributed by atoms with Crippen LogP contribution in [0.5, 0.6) is 0 Å². The van der Waals surface area contributed by atoms with E-state index in [1.165, 1.54) is 24.4 Å². The molecule has 2 atom stereocenters. The molecular formula is C21H24ClFN4O2. The molecule has 5 N–H and O–H groups in total. The minimum absolute atomic E-state index is 0.0310. The van der Waals surface area contributed by atoms with Crippen LogP contribution in [-0.2, 0) is 4.79 Å². The Kier molecular flexibility index (Phi) is 6.49. The van der Waals surface area contributed by atoms with Crippen LogP contribution in [0.3, 0.4) is 0 Å². The molecule has 1 amide bonds. The first-order valence-electron chi connectivity index (χ1n) is 9.54. The van der Waals surface area contributed by atoms with Crippen LogP contribution in [-0.4, -0.2) is 22.7 Å². The number of pyridine rings is 1. The molecule has 0 unspecified atom stereocenters. The van der Waals surface area contributed by atoms with E-state index in [0.29, 0.717) is 17.9 Å². The Labute approximate surface area is 173 Å². The maximum Gasteiger partial charge on any atom is 0.218 e. The highest BCUT2D eigenvalue weighted by Gasteiger charge is 2.31. The summed E-state index contributed by atoms with van der Waals surface area (Å²) in [7, 11) is 0. The van der Waals surface area contributed by atoms with Crippen molar-refractivity contribution in [2.24, 2.45) is 11.7 Å². The summed E-state index contributed by atoms with van der Waals surface area (Å²) in [4.78, 5) is 28.0. The summed E-state index contributed by atoms with van der Waals surface area (Å²) >= 11 is 6.19. The van der Waals surface area contributed by atoms with Crippen LogP contribution in [0.25, 0.3) is 0 Å². The van der Waals surface area contributed by atoms with Crippen LogP contribution in [0, 0.1) is 11.7 Å². The molecule has 1 aliphatic carbocycles. The second-order valence-electron chi connectivity index (χ2n) is 7.60. The molecule has 154 valence electrons. The van der Waals surface area contributed by atoms with Gasteiger partial charge < -0.3 is 16.8 Å². The van der Waals surface area contributed by atoms with Crippen molar-refractivity contribution < 1.29 is 14.0 Å². The van der Waals surface area contributed by atoms with Gasteiger partial charge in [0.05, 0.1) is 10.6 Å². The normalized spacial score (nSPS) is 15.7. The predicted molar refractivity (Wildman–Crippen MR) is 110 cm³/mol. The van der Waals surface area contributed by atoms with Crippen molar-refractivity contribution in [1.82, 2.24) is 10.3 Å². The largest absolute Gasteiger partial charge is 0.384 e. The molecule has 0 radical (unpaired) electrons. The Morgan fingerprint density at radius 3 is 2.62 bits per heavy atom.